The normalized spacial score (nSPS) is 18.6. The Labute approximate surface area is 123 Å². The van der Waals surface area contributed by atoms with Gasteiger partial charge in [0.25, 0.3) is 5.69 Å². The molecule has 0 saturated carbocycles. The molecule has 114 valence electrons. The Hall–Kier alpha value is -2.15. The number of primary amides is 1. The van der Waals surface area contributed by atoms with E-state index in [1.807, 2.05) is 17.9 Å². The molecule has 1 amide bonds. The number of nitro groups is 1. The Kier molecular flexibility index (Phi) is 4.74. The summed E-state index contributed by atoms with van der Waals surface area (Å²) in [5, 5.41) is 14.1. The lowest BCUT2D eigenvalue weighted by molar-refractivity contribution is -0.384. The summed E-state index contributed by atoms with van der Waals surface area (Å²) in [7, 11) is 0. The fourth-order valence-electron chi connectivity index (χ4n) is 2.74. The number of nitrogens with two attached hydrogens (primary N) is 1. The van der Waals surface area contributed by atoms with E-state index in [9.17, 15) is 14.9 Å². The minimum Gasteiger partial charge on any atom is -0.380 e. The smallest absolute Gasteiger partial charge is 0.292 e. The molecule has 2 rings (SSSR count). The predicted octanol–water partition coefficient (Wildman–Crippen LogP) is 1.48. The topological polar surface area (TPSA) is 102 Å². The molecule has 3 N–H and O–H groups in total. The van der Waals surface area contributed by atoms with E-state index in [1.165, 1.54) is 0 Å². The molecule has 7 nitrogen and oxygen atoms in total. The summed E-state index contributed by atoms with van der Waals surface area (Å²) in [6.07, 6.45) is 1.68. The molecule has 1 aliphatic rings. The second-order valence-electron chi connectivity index (χ2n) is 5.17. The molecule has 1 saturated heterocycles. The molecule has 1 atom stereocenters. The summed E-state index contributed by atoms with van der Waals surface area (Å²) in [6, 6.07) is 4.86. The first-order valence-corrected chi connectivity index (χ1v) is 7.07. The molecule has 1 unspecified atom stereocenters. The Morgan fingerprint density at radius 2 is 2.33 bits per heavy atom. The summed E-state index contributed by atoms with van der Waals surface area (Å²) < 4.78 is 0. The number of benzene rings is 1. The van der Waals surface area contributed by atoms with Crippen molar-refractivity contribution in [1.82, 2.24) is 4.90 Å². The predicted molar refractivity (Wildman–Crippen MR) is 79.9 cm³/mol. The Bertz CT molecular complexity index is 547. The van der Waals surface area contributed by atoms with Gasteiger partial charge in [0.15, 0.2) is 0 Å². The zero-order chi connectivity index (χ0) is 15.4. The lowest BCUT2D eigenvalue weighted by atomic mass is 10.1. The van der Waals surface area contributed by atoms with Gasteiger partial charge in [-0.3, -0.25) is 19.8 Å². The summed E-state index contributed by atoms with van der Waals surface area (Å²) in [6.45, 7) is 3.80. The lowest BCUT2D eigenvalue weighted by Crippen LogP contribution is -2.39. The molecule has 1 aromatic carbocycles. The second kappa shape index (κ2) is 6.53. The quantitative estimate of drug-likeness (QED) is 0.610. The van der Waals surface area contributed by atoms with E-state index in [0.717, 1.165) is 24.9 Å². The molecule has 0 aromatic heterocycles. The van der Waals surface area contributed by atoms with Crippen molar-refractivity contribution in [3.63, 3.8) is 0 Å². The average Bonchev–Trinajstić information content (AvgIpc) is 2.89. The van der Waals surface area contributed by atoms with Gasteiger partial charge in [-0.25, -0.2) is 0 Å². The molecule has 0 aliphatic carbocycles. The van der Waals surface area contributed by atoms with Crippen LogP contribution in [0.4, 0.5) is 11.4 Å². The molecule has 21 heavy (non-hydrogen) atoms. The van der Waals surface area contributed by atoms with Gasteiger partial charge in [-0.05, 0) is 37.9 Å². The lowest BCUT2D eigenvalue weighted by Gasteiger charge is -2.21. The number of nitrogens with zero attached hydrogens (tertiary/aromatic N) is 2. The van der Waals surface area contributed by atoms with Gasteiger partial charge < -0.3 is 11.1 Å². The van der Waals surface area contributed by atoms with Gasteiger partial charge in [0, 0.05) is 19.2 Å². The number of nitrogens with one attached hydrogen (secondary N) is 1. The summed E-state index contributed by atoms with van der Waals surface area (Å²) in [5.41, 5.74) is 6.77. The van der Waals surface area contributed by atoms with Crippen LogP contribution in [0.3, 0.4) is 0 Å². The number of likely N-dealkylation sites (tertiary alicyclic amines) is 1. The summed E-state index contributed by atoms with van der Waals surface area (Å²) in [4.78, 5) is 24.1. The van der Waals surface area contributed by atoms with Crippen LogP contribution in [0.5, 0.6) is 0 Å². The minimum absolute atomic E-state index is 0.0594. The number of carbonyl (C=O) groups excluding carboxylic acids is 1. The van der Waals surface area contributed by atoms with Crippen LogP contribution in [0.25, 0.3) is 0 Å². The van der Waals surface area contributed by atoms with E-state index in [-0.39, 0.29) is 17.6 Å². The van der Waals surface area contributed by atoms with Crippen molar-refractivity contribution in [2.75, 3.05) is 18.4 Å². The van der Waals surface area contributed by atoms with E-state index >= 15 is 0 Å². The van der Waals surface area contributed by atoms with Crippen molar-refractivity contribution in [3.05, 3.63) is 33.9 Å². The van der Waals surface area contributed by atoms with Gasteiger partial charge in [-0.1, -0.05) is 6.07 Å². The van der Waals surface area contributed by atoms with Gasteiger partial charge in [0.2, 0.25) is 5.91 Å². The fourth-order valence-corrected chi connectivity index (χ4v) is 2.74. The van der Waals surface area contributed by atoms with Crippen LogP contribution in [0.1, 0.15) is 25.3 Å². The van der Waals surface area contributed by atoms with Crippen molar-refractivity contribution in [2.45, 2.75) is 32.4 Å². The number of rotatable bonds is 6. The first-order valence-electron chi connectivity index (χ1n) is 7.07. The van der Waals surface area contributed by atoms with Crippen molar-refractivity contribution < 1.29 is 9.72 Å². The first kappa shape index (κ1) is 15.2. The first-order chi connectivity index (χ1) is 10.0. The van der Waals surface area contributed by atoms with E-state index in [2.05, 4.69) is 5.32 Å². The standard InChI is InChI=1S/C14H20N4O3/c1-2-16-11-6-5-10(8-13(11)18(20)21)9-17-7-3-4-12(17)14(15)19/h5-6,8,12,16H,2-4,7,9H2,1H3,(H2,15,19). The van der Waals surface area contributed by atoms with Crippen LogP contribution in [-0.2, 0) is 11.3 Å². The van der Waals surface area contributed by atoms with Crippen LogP contribution in [0.15, 0.2) is 18.2 Å². The van der Waals surface area contributed by atoms with E-state index in [1.54, 1.807) is 12.1 Å². The van der Waals surface area contributed by atoms with Gasteiger partial charge >= 0.3 is 0 Å². The highest BCUT2D eigenvalue weighted by Gasteiger charge is 2.29. The third kappa shape index (κ3) is 3.49. The zero-order valence-electron chi connectivity index (χ0n) is 12.0. The van der Waals surface area contributed by atoms with Gasteiger partial charge in [0.05, 0.1) is 11.0 Å². The summed E-state index contributed by atoms with van der Waals surface area (Å²) >= 11 is 0. The van der Waals surface area contributed by atoms with Crippen LogP contribution < -0.4 is 11.1 Å². The molecule has 0 spiro atoms. The van der Waals surface area contributed by atoms with E-state index < -0.39 is 4.92 Å². The third-order valence-corrected chi connectivity index (χ3v) is 3.70. The highest BCUT2D eigenvalue weighted by atomic mass is 16.6. The van der Waals surface area contributed by atoms with Crippen molar-refractivity contribution in [3.8, 4) is 0 Å². The number of anilines is 1. The minimum atomic E-state index is -0.392. The number of carbonyl (C=O) groups is 1. The van der Waals surface area contributed by atoms with Crippen LogP contribution in [0, 0.1) is 10.1 Å². The molecule has 7 heteroatoms. The molecular weight excluding hydrogens is 272 g/mol. The Morgan fingerprint density at radius 3 is 2.95 bits per heavy atom. The highest BCUT2D eigenvalue weighted by molar-refractivity contribution is 5.80. The Balaban J connectivity index is 2.19. The van der Waals surface area contributed by atoms with Gasteiger partial charge in [0.1, 0.15) is 5.69 Å². The number of nitro benzene ring substituents is 1. The SMILES string of the molecule is CCNc1ccc(CN2CCCC2C(N)=O)cc1[N+](=O)[O-]. The molecule has 1 aliphatic heterocycles. The third-order valence-electron chi connectivity index (χ3n) is 3.70. The second-order valence-corrected chi connectivity index (χ2v) is 5.17. The van der Waals surface area contributed by atoms with E-state index in [0.29, 0.717) is 18.8 Å². The number of amides is 1. The molecule has 0 radical (unpaired) electrons. The average molecular weight is 292 g/mol. The van der Waals surface area contributed by atoms with Crippen LogP contribution >= 0.6 is 0 Å². The van der Waals surface area contributed by atoms with Crippen LogP contribution in [0.2, 0.25) is 0 Å². The molecular formula is C14H20N4O3. The number of hydrogen-bond donors (Lipinski definition) is 2. The summed E-state index contributed by atoms with van der Waals surface area (Å²) in [5.74, 6) is -0.328. The molecule has 1 aromatic rings. The molecule has 1 heterocycles. The highest BCUT2D eigenvalue weighted by Crippen LogP contribution is 2.27. The van der Waals surface area contributed by atoms with E-state index in [4.69, 9.17) is 5.73 Å². The monoisotopic (exact) mass is 292 g/mol. The van der Waals surface area contributed by atoms with Crippen molar-refractivity contribution in [1.29, 1.82) is 0 Å². The molecule has 0 bridgehead atoms. The van der Waals surface area contributed by atoms with Crippen molar-refractivity contribution >= 4 is 17.3 Å². The maximum atomic E-state index is 11.4. The van der Waals surface area contributed by atoms with Crippen LogP contribution in [-0.4, -0.2) is 34.9 Å². The molecule has 1 fully saturated rings. The Morgan fingerprint density at radius 1 is 1.57 bits per heavy atom. The van der Waals surface area contributed by atoms with Crippen molar-refractivity contribution in [2.24, 2.45) is 5.73 Å². The fraction of sp³-hybridized carbons (Fsp3) is 0.500. The largest absolute Gasteiger partial charge is 0.380 e. The number of hydrogen-bond acceptors (Lipinski definition) is 5. The van der Waals surface area contributed by atoms with Gasteiger partial charge in [-0.15, -0.1) is 0 Å². The maximum Gasteiger partial charge on any atom is 0.292 e. The zero-order valence-corrected chi connectivity index (χ0v) is 12.0. The maximum absolute atomic E-state index is 11.4. The van der Waals surface area contributed by atoms with Gasteiger partial charge in [-0.2, -0.15) is 0 Å².